The number of halogens is 2. The summed E-state index contributed by atoms with van der Waals surface area (Å²) < 4.78 is 33.9. The molecule has 40 heavy (non-hydrogen) atoms. The number of hydrogen-bond acceptors (Lipinski definition) is 5. The van der Waals surface area contributed by atoms with Crippen LogP contribution in [0.1, 0.15) is 32.8 Å². The molecule has 0 unspecified atom stereocenters. The normalized spacial score (nSPS) is 12.1. The summed E-state index contributed by atoms with van der Waals surface area (Å²) in [7, 11) is -2.71. The van der Waals surface area contributed by atoms with Crippen molar-refractivity contribution < 1.29 is 22.7 Å². The van der Waals surface area contributed by atoms with E-state index in [0.29, 0.717) is 27.0 Å². The summed E-state index contributed by atoms with van der Waals surface area (Å²) in [5.41, 5.74) is 0.751. The summed E-state index contributed by atoms with van der Waals surface area (Å²) in [5.74, 6) is -0.466. The van der Waals surface area contributed by atoms with Gasteiger partial charge in [0.25, 0.3) is 10.0 Å². The Bertz CT molecular complexity index is 1400. The fourth-order valence-corrected chi connectivity index (χ4v) is 6.08. The zero-order valence-corrected chi connectivity index (χ0v) is 25.1. The monoisotopic (exact) mass is 605 g/mol. The minimum atomic E-state index is -4.19. The lowest BCUT2D eigenvalue weighted by Gasteiger charge is -2.34. The first kappa shape index (κ1) is 31.3. The third-order valence-electron chi connectivity index (χ3n) is 6.18. The maximum absolute atomic E-state index is 14.1. The Balaban J connectivity index is 2.08. The molecule has 1 atom stereocenters. The van der Waals surface area contributed by atoms with Gasteiger partial charge in [-0.3, -0.25) is 13.9 Å². The molecule has 0 saturated carbocycles. The summed E-state index contributed by atoms with van der Waals surface area (Å²) in [4.78, 5) is 28.6. The van der Waals surface area contributed by atoms with Gasteiger partial charge in [-0.2, -0.15) is 0 Å². The number of para-hydroxylation sites is 1. The Morgan fingerprint density at radius 2 is 1.52 bits per heavy atom. The Morgan fingerprint density at radius 3 is 2.05 bits per heavy atom. The predicted molar refractivity (Wildman–Crippen MR) is 158 cm³/mol. The van der Waals surface area contributed by atoms with E-state index in [0.717, 1.165) is 4.31 Å². The molecule has 0 aliphatic rings. The maximum atomic E-state index is 14.1. The van der Waals surface area contributed by atoms with Crippen molar-refractivity contribution in [3.8, 4) is 5.75 Å². The minimum Gasteiger partial charge on any atom is -0.497 e. The van der Waals surface area contributed by atoms with Crippen LogP contribution in [0.5, 0.6) is 5.75 Å². The number of rotatable bonds is 12. The van der Waals surface area contributed by atoms with Crippen LogP contribution in [-0.4, -0.2) is 50.9 Å². The molecule has 3 aromatic rings. The van der Waals surface area contributed by atoms with Crippen LogP contribution in [0.15, 0.2) is 77.7 Å². The van der Waals surface area contributed by atoms with Crippen LogP contribution in [0.2, 0.25) is 10.0 Å². The number of carbonyl (C=O) groups is 2. The first-order valence-corrected chi connectivity index (χ1v) is 14.9. The van der Waals surface area contributed by atoms with Crippen molar-refractivity contribution in [2.24, 2.45) is 0 Å². The second kappa shape index (κ2) is 13.9. The number of benzene rings is 3. The molecule has 0 fully saturated rings. The van der Waals surface area contributed by atoms with Crippen LogP contribution in [0.4, 0.5) is 5.69 Å². The molecule has 3 aromatic carbocycles. The lowest BCUT2D eigenvalue weighted by atomic mass is 10.1. The summed E-state index contributed by atoms with van der Waals surface area (Å²) in [6.45, 7) is 4.77. The number of sulfonamides is 1. The molecule has 0 bridgehead atoms. The average molecular weight is 607 g/mol. The summed E-state index contributed by atoms with van der Waals surface area (Å²) in [6.07, 6.45) is 0.281. The van der Waals surface area contributed by atoms with Crippen LogP contribution in [-0.2, 0) is 26.2 Å². The zero-order valence-electron chi connectivity index (χ0n) is 22.8. The Labute approximate surface area is 245 Å². The highest BCUT2D eigenvalue weighted by Gasteiger charge is 2.34. The van der Waals surface area contributed by atoms with Gasteiger partial charge in [0.1, 0.15) is 18.3 Å². The molecular weight excluding hydrogens is 573 g/mol. The van der Waals surface area contributed by atoms with E-state index < -0.39 is 28.5 Å². The van der Waals surface area contributed by atoms with Crippen LogP contribution in [0.25, 0.3) is 0 Å². The van der Waals surface area contributed by atoms with Crippen molar-refractivity contribution >= 4 is 50.7 Å². The summed E-state index contributed by atoms with van der Waals surface area (Å²) >= 11 is 12.9. The lowest BCUT2D eigenvalue weighted by molar-refractivity contribution is -0.140. The molecule has 0 aliphatic heterocycles. The SMILES string of the molecule is CC[C@H](C(=O)NC(C)C)N(Cc1c(Cl)cccc1Cl)C(=O)CN(c1ccccc1)S(=O)(=O)c1ccc(OC)cc1. The molecule has 0 aromatic heterocycles. The Morgan fingerprint density at radius 1 is 0.925 bits per heavy atom. The minimum absolute atomic E-state index is 0.0183. The number of anilines is 1. The van der Waals surface area contributed by atoms with Gasteiger partial charge in [-0.25, -0.2) is 8.42 Å². The van der Waals surface area contributed by atoms with Crippen molar-refractivity contribution in [1.29, 1.82) is 0 Å². The summed E-state index contributed by atoms with van der Waals surface area (Å²) in [6, 6.07) is 18.1. The molecular formula is C29H33Cl2N3O5S. The lowest BCUT2D eigenvalue weighted by Crippen LogP contribution is -2.53. The molecule has 1 N–H and O–H groups in total. The number of ether oxygens (including phenoxy) is 1. The number of nitrogens with zero attached hydrogens (tertiary/aromatic N) is 2. The second-order valence-corrected chi connectivity index (χ2v) is 12.0. The second-order valence-electron chi connectivity index (χ2n) is 9.33. The molecule has 0 heterocycles. The highest BCUT2D eigenvalue weighted by atomic mass is 35.5. The van der Waals surface area contributed by atoms with E-state index >= 15 is 0 Å². The van der Waals surface area contributed by atoms with Crippen molar-refractivity contribution in [2.45, 2.75) is 50.7 Å². The van der Waals surface area contributed by atoms with Crippen LogP contribution >= 0.6 is 23.2 Å². The van der Waals surface area contributed by atoms with Gasteiger partial charge in [-0.05, 0) is 68.8 Å². The molecule has 0 radical (unpaired) electrons. The first-order valence-electron chi connectivity index (χ1n) is 12.7. The van der Waals surface area contributed by atoms with Gasteiger partial charge in [-0.1, -0.05) is 54.4 Å². The number of nitrogens with one attached hydrogen (secondary N) is 1. The van der Waals surface area contributed by atoms with E-state index in [-0.39, 0.29) is 29.8 Å². The number of hydrogen-bond donors (Lipinski definition) is 1. The first-order chi connectivity index (χ1) is 19.0. The quantitative estimate of drug-likeness (QED) is 0.293. The van der Waals surface area contributed by atoms with E-state index in [4.69, 9.17) is 27.9 Å². The van der Waals surface area contributed by atoms with E-state index in [1.54, 1.807) is 55.5 Å². The Hall–Kier alpha value is -3.27. The van der Waals surface area contributed by atoms with Crippen molar-refractivity contribution in [1.82, 2.24) is 10.2 Å². The number of amides is 2. The molecule has 3 rings (SSSR count). The van der Waals surface area contributed by atoms with Gasteiger partial charge >= 0.3 is 0 Å². The van der Waals surface area contributed by atoms with Gasteiger partial charge < -0.3 is 15.0 Å². The fraction of sp³-hybridized carbons (Fsp3) is 0.310. The van der Waals surface area contributed by atoms with E-state index in [1.807, 2.05) is 13.8 Å². The molecule has 214 valence electrons. The summed E-state index contributed by atoms with van der Waals surface area (Å²) in [5, 5.41) is 3.51. The predicted octanol–water partition coefficient (Wildman–Crippen LogP) is 5.53. The standard InChI is InChI=1S/C29H33Cl2N3O5S/c1-5-27(29(36)32-20(2)3)33(18-24-25(30)12-9-13-26(24)31)28(35)19-34(21-10-7-6-8-11-21)40(37,38)23-16-14-22(39-4)15-17-23/h6-17,20,27H,5,18-19H2,1-4H3,(H,32,36)/t27-/m1/s1. The molecule has 11 heteroatoms. The van der Waals surface area contributed by atoms with E-state index in [9.17, 15) is 18.0 Å². The zero-order chi connectivity index (χ0) is 29.4. The van der Waals surface area contributed by atoms with Gasteiger partial charge in [0.05, 0.1) is 17.7 Å². The highest BCUT2D eigenvalue weighted by Crippen LogP contribution is 2.29. The average Bonchev–Trinajstić information content (AvgIpc) is 2.93. The van der Waals surface area contributed by atoms with E-state index in [2.05, 4.69) is 5.32 Å². The largest absolute Gasteiger partial charge is 0.497 e. The van der Waals surface area contributed by atoms with Gasteiger partial charge in [0.15, 0.2) is 0 Å². The molecule has 0 aliphatic carbocycles. The maximum Gasteiger partial charge on any atom is 0.264 e. The third kappa shape index (κ3) is 7.47. The van der Waals surface area contributed by atoms with Crippen molar-refractivity contribution in [3.63, 3.8) is 0 Å². The van der Waals surface area contributed by atoms with Crippen molar-refractivity contribution in [2.75, 3.05) is 18.0 Å². The topological polar surface area (TPSA) is 96.0 Å². The Kier molecular flexibility index (Phi) is 10.8. The number of carbonyl (C=O) groups excluding carboxylic acids is 2. The van der Waals surface area contributed by atoms with Gasteiger partial charge in [0.2, 0.25) is 11.8 Å². The molecule has 0 spiro atoms. The smallest absolute Gasteiger partial charge is 0.264 e. The van der Waals surface area contributed by atoms with Gasteiger partial charge in [0, 0.05) is 28.2 Å². The highest BCUT2D eigenvalue weighted by molar-refractivity contribution is 7.92. The molecule has 8 nitrogen and oxygen atoms in total. The van der Waals surface area contributed by atoms with Crippen LogP contribution in [0.3, 0.4) is 0 Å². The number of methoxy groups -OCH3 is 1. The molecule has 2 amide bonds. The fourth-order valence-electron chi connectivity index (χ4n) is 4.15. The van der Waals surface area contributed by atoms with E-state index in [1.165, 1.54) is 36.3 Å². The third-order valence-corrected chi connectivity index (χ3v) is 8.67. The molecule has 0 saturated heterocycles. The van der Waals surface area contributed by atoms with Crippen LogP contribution < -0.4 is 14.4 Å². The van der Waals surface area contributed by atoms with Crippen LogP contribution in [0, 0.1) is 0 Å². The van der Waals surface area contributed by atoms with Gasteiger partial charge in [-0.15, -0.1) is 0 Å². The van der Waals surface area contributed by atoms with Crippen molar-refractivity contribution in [3.05, 3.63) is 88.4 Å².